The minimum atomic E-state index is -0.617. The molecule has 0 bridgehead atoms. The van der Waals surface area contributed by atoms with Gasteiger partial charge in [0, 0.05) is 12.6 Å². The van der Waals surface area contributed by atoms with Crippen molar-refractivity contribution in [2.24, 2.45) is 0 Å². The van der Waals surface area contributed by atoms with Crippen LogP contribution < -0.4 is 19.5 Å². The third-order valence-electron chi connectivity index (χ3n) is 2.80. The summed E-state index contributed by atoms with van der Waals surface area (Å²) in [4.78, 5) is 0. The minimum Gasteiger partial charge on any atom is -0.486 e. The van der Waals surface area contributed by atoms with Crippen molar-refractivity contribution in [1.29, 1.82) is 0 Å². The van der Waals surface area contributed by atoms with Crippen LogP contribution in [0.2, 0.25) is 5.02 Å². The number of fused-ring (bicyclic) bond motifs is 1. The van der Waals surface area contributed by atoms with Crippen LogP contribution in [0.3, 0.4) is 0 Å². The predicted molar refractivity (Wildman–Crippen MR) is 77.1 cm³/mol. The minimum absolute atomic E-state index is 0.138. The molecule has 0 radical (unpaired) electrons. The molecular formula is C14H20ClNO4. The molecule has 2 N–H and O–H groups in total. The van der Waals surface area contributed by atoms with Gasteiger partial charge in [-0.15, -0.1) is 0 Å². The average molecular weight is 302 g/mol. The summed E-state index contributed by atoms with van der Waals surface area (Å²) in [5, 5.41) is 13.4. The van der Waals surface area contributed by atoms with Gasteiger partial charge in [0.05, 0.1) is 5.02 Å². The third-order valence-corrected chi connectivity index (χ3v) is 3.09. The number of ether oxygens (including phenoxy) is 3. The molecule has 0 aromatic heterocycles. The average Bonchev–Trinajstić information content (AvgIpc) is 2.44. The summed E-state index contributed by atoms with van der Waals surface area (Å²) in [6.07, 6.45) is -0.617. The SMILES string of the molecule is CC(C)NCC(O)COc1c(Cl)ccc2c1OCCO2. The highest BCUT2D eigenvalue weighted by atomic mass is 35.5. The highest BCUT2D eigenvalue weighted by Gasteiger charge is 2.21. The van der Waals surface area contributed by atoms with E-state index in [1.807, 2.05) is 13.8 Å². The van der Waals surface area contributed by atoms with Crippen molar-refractivity contribution in [3.63, 3.8) is 0 Å². The predicted octanol–water partition coefficient (Wildman–Crippen LogP) is 1.85. The van der Waals surface area contributed by atoms with Gasteiger partial charge in [-0.25, -0.2) is 0 Å². The van der Waals surface area contributed by atoms with Crippen molar-refractivity contribution in [2.45, 2.75) is 26.0 Å². The van der Waals surface area contributed by atoms with Crippen molar-refractivity contribution in [2.75, 3.05) is 26.4 Å². The molecule has 0 fully saturated rings. The van der Waals surface area contributed by atoms with E-state index in [9.17, 15) is 5.11 Å². The molecule has 1 atom stereocenters. The van der Waals surface area contributed by atoms with Gasteiger partial charge in [0.1, 0.15) is 25.9 Å². The normalized spacial score (nSPS) is 15.2. The molecule has 0 saturated heterocycles. The molecule has 0 amide bonds. The second kappa shape index (κ2) is 7.02. The largest absolute Gasteiger partial charge is 0.486 e. The van der Waals surface area contributed by atoms with Crippen LogP contribution in [0.25, 0.3) is 0 Å². The van der Waals surface area contributed by atoms with E-state index < -0.39 is 6.10 Å². The molecule has 2 rings (SSSR count). The highest BCUT2D eigenvalue weighted by molar-refractivity contribution is 6.32. The van der Waals surface area contributed by atoms with Crippen molar-refractivity contribution in [1.82, 2.24) is 5.32 Å². The summed E-state index contributed by atoms with van der Waals surface area (Å²) in [5.41, 5.74) is 0. The summed E-state index contributed by atoms with van der Waals surface area (Å²) in [6, 6.07) is 3.76. The van der Waals surface area contributed by atoms with E-state index in [1.165, 1.54) is 0 Å². The van der Waals surface area contributed by atoms with Crippen molar-refractivity contribution < 1.29 is 19.3 Å². The Morgan fingerprint density at radius 1 is 1.35 bits per heavy atom. The number of rotatable bonds is 6. The molecule has 5 nitrogen and oxygen atoms in total. The van der Waals surface area contributed by atoms with Gasteiger partial charge in [-0.3, -0.25) is 0 Å². The van der Waals surface area contributed by atoms with Crippen LogP contribution in [0.1, 0.15) is 13.8 Å². The molecule has 0 saturated carbocycles. The van der Waals surface area contributed by atoms with E-state index in [0.29, 0.717) is 48.1 Å². The number of benzene rings is 1. The number of nitrogens with one attached hydrogen (secondary N) is 1. The number of aliphatic hydroxyl groups is 1. The van der Waals surface area contributed by atoms with Crippen molar-refractivity contribution >= 4 is 11.6 Å². The Bertz CT molecular complexity index is 453. The second-order valence-corrected chi connectivity index (χ2v) is 5.34. The van der Waals surface area contributed by atoms with E-state index >= 15 is 0 Å². The van der Waals surface area contributed by atoms with Gasteiger partial charge in [-0.1, -0.05) is 25.4 Å². The first kappa shape index (κ1) is 15.2. The fourth-order valence-corrected chi connectivity index (χ4v) is 2.01. The zero-order valence-electron chi connectivity index (χ0n) is 11.7. The second-order valence-electron chi connectivity index (χ2n) is 4.93. The van der Waals surface area contributed by atoms with Crippen LogP contribution in [0, 0.1) is 0 Å². The van der Waals surface area contributed by atoms with Crippen molar-refractivity contribution in [3.8, 4) is 17.2 Å². The van der Waals surface area contributed by atoms with Crippen LogP contribution in [0.4, 0.5) is 0 Å². The molecule has 1 aromatic rings. The van der Waals surface area contributed by atoms with Gasteiger partial charge in [-0.05, 0) is 12.1 Å². The van der Waals surface area contributed by atoms with E-state index in [0.717, 1.165) is 0 Å². The Labute approximate surface area is 123 Å². The Kier molecular flexibility index (Phi) is 5.34. The first-order valence-corrected chi connectivity index (χ1v) is 7.08. The molecule has 0 aliphatic carbocycles. The maximum atomic E-state index is 9.85. The molecule has 0 spiro atoms. The van der Waals surface area contributed by atoms with Gasteiger partial charge < -0.3 is 24.6 Å². The molecule has 6 heteroatoms. The standard InChI is InChI=1S/C14H20ClNO4/c1-9(2)16-7-10(17)8-20-13-11(15)3-4-12-14(13)19-6-5-18-12/h3-4,9-10,16-17H,5-8H2,1-2H3. The first-order valence-electron chi connectivity index (χ1n) is 6.70. The Morgan fingerprint density at radius 3 is 2.85 bits per heavy atom. The molecule has 1 aromatic carbocycles. The van der Waals surface area contributed by atoms with Gasteiger partial charge in [0.2, 0.25) is 5.75 Å². The van der Waals surface area contributed by atoms with Gasteiger partial charge in [-0.2, -0.15) is 0 Å². The Balaban J connectivity index is 1.98. The first-order chi connectivity index (χ1) is 9.58. The van der Waals surface area contributed by atoms with E-state index in [4.69, 9.17) is 25.8 Å². The van der Waals surface area contributed by atoms with E-state index in [1.54, 1.807) is 12.1 Å². The molecule has 1 aliphatic rings. The van der Waals surface area contributed by atoms with Gasteiger partial charge >= 0.3 is 0 Å². The molecule has 1 unspecified atom stereocenters. The molecule has 112 valence electrons. The summed E-state index contributed by atoms with van der Waals surface area (Å²) < 4.78 is 16.6. The quantitative estimate of drug-likeness (QED) is 0.840. The molecule has 20 heavy (non-hydrogen) atoms. The van der Waals surface area contributed by atoms with Crippen LogP contribution in [0.5, 0.6) is 17.2 Å². The van der Waals surface area contributed by atoms with Crippen molar-refractivity contribution in [3.05, 3.63) is 17.2 Å². The number of aliphatic hydroxyl groups excluding tert-OH is 1. The lowest BCUT2D eigenvalue weighted by molar-refractivity contribution is 0.0985. The maximum Gasteiger partial charge on any atom is 0.205 e. The topological polar surface area (TPSA) is 60.0 Å². The van der Waals surface area contributed by atoms with Crippen LogP contribution >= 0.6 is 11.6 Å². The highest BCUT2D eigenvalue weighted by Crippen LogP contribution is 2.44. The number of halogens is 1. The molecule has 1 heterocycles. The zero-order valence-corrected chi connectivity index (χ0v) is 12.4. The fraction of sp³-hybridized carbons (Fsp3) is 0.571. The van der Waals surface area contributed by atoms with Crippen LogP contribution in [0.15, 0.2) is 12.1 Å². The maximum absolute atomic E-state index is 9.85. The summed E-state index contributed by atoms with van der Waals surface area (Å²) in [5.74, 6) is 1.55. The lowest BCUT2D eigenvalue weighted by Crippen LogP contribution is -2.35. The third kappa shape index (κ3) is 3.91. The van der Waals surface area contributed by atoms with Crippen LogP contribution in [-0.4, -0.2) is 43.6 Å². The number of hydrogen-bond acceptors (Lipinski definition) is 5. The Morgan fingerprint density at radius 2 is 2.10 bits per heavy atom. The number of hydrogen-bond donors (Lipinski definition) is 2. The fourth-order valence-electron chi connectivity index (χ4n) is 1.81. The van der Waals surface area contributed by atoms with E-state index in [-0.39, 0.29) is 6.61 Å². The Hall–Kier alpha value is -1.17. The lowest BCUT2D eigenvalue weighted by atomic mass is 10.2. The summed E-state index contributed by atoms with van der Waals surface area (Å²) in [6.45, 7) is 5.60. The molecular weight excluding hydrogens is 282 g/mol. The van der Waals surface area contributed by atoms with Crippen LogP contribution in [-0.2, 0) is 0 Å². The van der Waals surface area contributed by atoms with E-state index in [2.05, 4.69) is 5.32 Å². The zero-order chi connectivity index (χ0) is 14.5. The van der Waals surface area contributed by atoms with Gasteiger partial charge in [0.25, 0.3) is 0 Å². The molecule has 1 aliphatic heterocycles. The van der Waals surface area contributed by atoms with Gasteiger partial charge in [0.15, 0.2) is 11.5 Å². The summed E-state index contributed by atoms with van der Waals surface area (Å²) >= 11 is 6.11. The monoisotopic (exact) mass is 301 g/mol. The summed E-state index contributed by atoms with van der Waals surface area (Å²) in [7, 11) is 0. The smallest absolute Gasteiger partial charge is 0.205 e. The lowest BCUT2D eigenvalue weighted by Gasteiger charge is -2.22.